The average molecular weight is 252 g/mol. The zero-order valence-corrected chi connectivity index (χ0v) is 12.3. The molecule has 1 aromatic heterocycles. The Hall–Kier alpha value is -0.870. The maximum Gasteiger partial charge on any atom is 0.0534 e. The Balaban J connectivity index is 2.56. The molecule has 104 valence electrons. The first-order valence-electron chi connectivity index (χ1n) is 6.94. The van der Waals surface area contributed by atoms with Crippen molar-refractivity contribution in [3.05, 3.63) is 18.0 Å². The highest BCUT2D eigenvalue weighted by Gasteiger charge is 2.19. The lowest BCUT2D eigenvalue weighted by atomic mass is 9.93. The molecule has 0 radical (unpaired) electrons. The van der Waals surface area contributed by atoms with Gasteiger partial charge in [0, 0.05) is 31.4 Å². The summed E-state index contributed by atoms with van der Waals surface area (Å²) in [5.74, 6) is 0. The Kier molecular flexibility index (Phi) is 5.82. The second-order valence-corrected chi connectivity index (χ2v) is 5.78. The van der Waals surface area contributed by atoms with Gasteiger partial charge in [-0.3, -0.25) is 9.58 Å². The molecule has 1 heterocycles. The lowest BCUT2D eigenvalue weighted by molar-refractivity contribution is 0.183. The Morgan fingerprint density at radius 2 is 2.11 bits per heavy atom. The maximum atomic E-state index is 5.80. The Labute approximate surface area is 111 Å². The van der Waals surface area contributed by atoms with E-state index in [1.807, 2.05) is 10.9 Å². The summed E-state index contributed by atoms with van der Waals surface area (Å²) in [6.07, 6.45) is 5.26. The van der Waals surface area contributed by atoms with Crippen molar-refractivity contribution >= 4 is 0 Å². The number of nitrogens with two attached hydrogens (primary N) is 1. The molecule has 0 amide bonds. The van der Waals surface area contributed by atoms with Gasteiger partial charge in [0.1, 0.15) is 0 Å². The maximum absolute atomic E-state index is 5.80. The smallest absolute Gasteiger partial charge is 0.0534 e. The van der Waals surface area contributed by atoms with E-state index in [2.05, 4.69) is 43.9 Å². The first kappa shape index (κ1) is 15.2. The van der Waals surface area contributed by atoms with Gasteiger partial charge in [0.05, 0.1) is 6.20 Å². The van der Waals surface area contributed by atoms with Crippen molar-refractivity contribution in [1.82, 2.24) is 14.7 Å². The summed E-state index contributed by atoms with van der Waals surface area (Å²) in [7, 11) is 0. The van der Waals surface area contributed by atoms with Crippen LogP contribution in [0.2, 0.25) is 0 Å². The molecule has 1 rings (SSSR count). The van der Waals surface area contributed by atoms with Crippen LogP contribution in [0.3, 0.4) is 0 Å². The van der Waals surface area contributed by atoms with Crippen LogP contribution in [0, 0.1) is 5.41 Å². The van der Waals surface area contributed by atoms with Gasteiger partial charge >= 0.3 is 0 Å². The molecule has 0 spiro atoms. The van der Waals surface area contributed by atoms with Crippen LogP contribution in [-0.2, 0) is 13.1 Å². The highest BCUT2D eigenvalue weighted by molar-refractivity contribution is 5.03. The topological polar surface area (TPSA) is 47.1 Å². The van der Waals surface area contributed by atoms with Crippen LogP contribution >= 0.6 is 0 Å². The van der Waals surface area contributed by atoms with E-state index in [1.165, 1.54) is 5.56 Å². The molecule has 1 aromatic rings. The number of hydrogen-bond acceptors (Lipinski definition) is 3. The molecule has 0 saturated heterocycles. The summed E-state index contributed by atoms with van der Waals surface area (Å²) in [5.41, 5.74) is 7.27. The van der Waals surface area contributed by atoms with Gasteiger partial charge in [0.25, 0.3) is 0 Å². The third kappa shape index (κ3) is 4.78. The molecule has 0 saturated carbocycles. The van der Waals surface area contributed by atoms with Crippen LogP contribution in [0.25, 0.3) is 0 Å². The van der Waals surface area contributed by atoms with Crippen molar-refractivity contribution in [2.24, 2.45) is 11.1 Å². The molecule has 0 aromatic carbocycles. The van der Waals surface area contributed by atoms with Crippen molar-refractivity contribution in [3.8, 4) is 0 Å². The second kappa shape index (κ2) is 6.90. The van der Waals surface area contributed by atoms with Gasteiger partial charge < -0.3 is 5.73 Å². The summed E-state index contributed by atoms with van der Waals surface area (Å²) in [6, 6.07) is 0. The fourth-order valence-electron chi connectivity index (χ4n) is 2.05. The molecule has 0 aliphatic rings. The summed E-state index contributed by atoms with van der Waals surface area (Å²) < 4.78 is 2.03. The first-order chi connectivity index (χ1) is 8.50. The predicted molar refractivity (Wildman–Crippen MR) is 76.3 cm³/mol. The number of rotatable bonds is 8. The van der Waals surface area contributed by atoms with E-state index in [9.17, 15) is 0 Å². The van der Waals surface area contributed by atoms with Crippen LogP contribution in [-0.4, -0.2) is 34.3 Å². The Bertz CT molecular complexity index is 343. The molecule has 2 N–H and O–H groups in total. The van der Waals surface area contributed by atoms with Crippen molar-refractivity contribution in [3.63, 3.8) is 0 Å². The molecular weight excluding hydrogens is 224 g/mol. The minimum absolute atomic E-state index is 0.176. The zero-order valence-electron chi connectivity index (χ0n) is 12.3. The van der Waals surface area contributed by atoms with Crippen LogP contribution in [0.5, 0.6) is 0 Å². The van der Waals surface area contributed by atoms with Crippen LogP contribution in [0.1, 0.15) is 39.7 Å². The molecule has 18 heavy (non-hydrogen) atoms. The lowest BCUT2D eigenvalue weighted by Gasteiger charge is -2.30. The third-order valence-electron chi connectivity index (χ3n) is 3.20. The van der Waals surface area contributed by atoms with Crippen molar-refractivity contribution in [1.29, 1.82) is 0 Å². The third-order valence-corrected chi connectivity index (χ3v) is 3.20. The van der Waals surface area contributed by atoms with E-state index >= 15 is 0 Å². The number of hydrogen-bond donors (Lipinski definition) is 1. The van der Waals surface area contributed by atoms with Gasteiger partial charge in [-0.1, -0.05) is 27.7 Å². The number of nitrogens with zero attached hydrogens (tertiary/aromatic N) is 3. The summed E-state index contributed by atoms with van der Waals surface area (Å²) in [6.45, 7) is 13.6. The lowest BCUT2D eigenvalue weighted by Crippen LogP contribution is -2.38. The standard InChI is InChI=1S/C14H28N4/c1-5-7-18-10-13(8-16-18)9-17(6-2)12-14(3,4)11-15/h8,10H,5-7,9,11-12,15H2,1-4H3. The van der Waals surface area contributed by atoms with Crippen LogP contribution in [0.4, 0.5) is 0 Å². The minimum Gasteiger partial charge on any atom is -0.330 e. The van der Waals surface area contributed by atoms with E-state index < -0.39 is 0 Å². The van der Waals surface area contributed by atoms with Gasteiger partial charge in [0.2, 0.25) is 0 Å². The number of aryl methyl sites for hydroxylation is 1. The molecule has 0 bridgehead atoms. The van der Waals surface area contributed by atoms with Gasteiger partial charge in [-0.25, -0.2) is 0 Å². The predicted octanol–water partition coefficient (Wildman–Crippen LogP) is 2.10. The summed E-state index contributed by atoms with van der Waals surface area (Å²) in [4.78, 5) is 2.43. The van der Waals surface area contributed by atoms with Crippen molar-refractivity contribution in [2.75, 3.05) is 19.6 Å². The van der Waals surface area contributed by atoms with E-state index in [4.69, 9.17) is 5.73 Å². The molecule has 0 atom stereocenters. The zero-order chi connectivity index (χ0) is 13.6. The van der Waals surface area contributed by atoms with E-state index in [-0.39, 0.29) is 5.41 Å². The normalized spacial score (nSPS) is 12.3. The first-order valence-corrected chi connectivity index (χ1v) is 6.94. The summed E-state index contributed by atoms with van der Waals surface area (Å²) >= 11 is 0. The molecule has 0 aliphatic heterocycles. The van der Waals surface area contributed by atoms with E-state index in [0.29, 0.717) is 0 Å². The van der Waals surface area contributed by atoms with Gasteiger partial charge in [0.15, 0.2) is 0 Å². The second-order valence-electron chi connectivity index (χ2n) is 5.78. The Morgan fingerprint density at radius 1 is 1.39 bits per heavy atom. The molecule has 4 nitrogen and oxygen atoms in total. The highest BCUT2D eigenvalue weighted by atomic mass is 15.3. The van der Waals surface area contributed by atoms with Gasteiger partial charge in [-0.05, 0) is 24.9 Å². The fourth-order valence-corrected chi connectivity index (χ4v) is 2.05. The van der Waals surface area contributed by atoms with Crippen molar-refractivity contribution in [2.45, 2.75) is 47.2 Å². The molecule has 4 heteroatoms. The largest absolute Gasteiger partial charge is 0.330 e. The van der Waals surface area contributed by atoms with Crippen molar-refractivity contribution < 1.29 is 0 Å². The Morgan fingerprint density at radius 3 is 2.67 bits per heavy atom. The number of aromatic nitrogens is 2. The SMILES string of the molecule is CCCn1cc(CN(CC)CC(C)(C)CN)cn1. The summed E-state index contributed by atoms with van der Waals surface area (Å²) in [5, 5.41) is 4.38. The van der Waals surface area contributed by atoms with Crippen LogP contribution < -0.4 is 5.73 Å². The van der Waals surface area contributed by atoms with E-state index in [1.54, 1.807) is 0 Å². The van der Waals surface area contributed by atoms with Gasteiger partial charge in [-0.2, -0.15) is 5.10 Å². The fraction of sp³-hybridized carbons (Fsp3) is 0.786. The molecule has 0 fully saturated rings. The molecular formula is C14H28N4. The molecule has 0 unspecified atom stereocenters. The monoisotopic (exact) mass is 252 g/mol. The highest BCUT2D eigenvalue weighted by Crippen LogP contribution is 2.16. The van der Waals surface area contributed by atoms with Crippen LogP contribution in [0.15, 0.2) is 12.4 Å². The quantitative estimate of drug-likeness (QED) is 0.771. The minimum atomic E-state index is 0.176. The average Bonchev–Trinajstić information content (AvgIpc) is 2.76. The van der Waals surface area contributed by atoms with Gasteiger partial charge in [-0.15, -0.1) is 0 Å². The molecule has 0 aliphatic carbocycles. The van der Waals surface area contributed by atoms with E-state index in [0.717, 1.165) is 39.1 Å².